The van der Waals surface area contributed by atoms with Gasteiger partial charge in [0.25, 0.3) is 0 Å². The Hall–Kier alpha value is -1.85. The molecule has 0 radical (unpaired) electrons. The van der Waals surface area contributed by atoms with Gasteiger partial charge in [0.1, 0.15) is 17.2 Å². The van der Waals surface area contributed by atoms with Crippen molar-refractivity contribution in [3.8, 4) is 0 Å². The van der Waals surface area contributed by atoms with E-state index in [2.05, 4.69) is 27.1 Å². The Morgan fingerprint density at radius 3 is 2.71 bits per heavy atom. The fraction of sp³-hybridized carbons (Fsp3) is 0.722. The second-order valence-corrected chi connectivity index (χ2v) is 7.68. The summed E-state index contributed by atoms with van der Waals surface area (Å²) in [5.74, 6) is 2.20. The molecule has 1 aliphatic heterocycles. The molecular weight excluding hydrogens is 304 g/mol. The van der Waals surface area contributed by atoms with E-state index >= 15 is 0 Å². The van der Waals surface area contributed by atoms with Gasteiger partial charge < -0.3 is 15.0 Å². The molecule has 1 aromatic rings. The van der Waals surface area contributed by atoms with Crippen LogP contribution < -0.4 is 10.2 Å². The largest absolute Gasteiger partial charge is 0.444 e. The third-order valence-electron chi connectivity index (χ3n) is 4.22. The topological polar surface area (TPSA) is 67.4 Å². The number of rotatable bonds is 3. The number of nitrogens with one attached hydrogen (secondary N) is 1. The molecule has 0 aliphatic carbocycles. The number of aromatic nitrogens is 2. The van der Waals surface area contributed by atoms with Gasteiger partial charge in [0.2, 0.25) is 0 Å². The molecule has 0 bridgehead atoms. The molecule has 1 amide bonds. The molecule has 24 heavy (non-hydrogen) atoms. The van der Waals surface area contributed by atoms with Crippen molar-refractivity contribution in [1.29, 1.82) is 0 Å². The van der Waals surface area contributed by atoms with Gasteiger partial charge >= 0.3 is 6.09 Å². The third-order valence-corrected chi connectivity index (χ3v) is 4.22. The first-order chi connectivity index (χ1) is 11.2. The predicted octanol–water partition coefficient (Wildman–Crippen LogP) is 3.22. The Labute approximate surface area is 145 Å². The first-order valence-corrected chi connectivity index (χ1v) is 8.71. The molecule has 2 unspecified atom stereocenters. The van der Waals surface area contributed by atoms with Crippen LogP contribution in [0.2, 0.25) is 0 Å². The summed E-state index contributed by atoms with van der Waals surface area (Å²) < 4.78 is 5.35. The van der Waals surface area contributed by atoms with Gasteiger partial charge in [0, 0.05) is 24.8 Å². The van der Waals surface area contributed by atoms with E-state index < -0.39 is 5.60 Å². The molecule has 0 saturated carbocycles. The van der Waals surface area contributed by atoms with Crippen molar-refractivity contribution in [1.82, 2.24) is 15.3 Å². The standard InChI is InChI=1S/C18H30N4O2/c1-12-8-7-9-22(16-10-13(2)20-14(3)21-16)15(12)11-19-17(23)24-18(4,5)6/h10,12,15H,7-9,11H2,1-6H3,(H,19,23). The first-order valence-electron chi connectivity index (χ1n) is 8.71. The number of carbonyl (C=O) groups excluding carboxylic acids is 1. The van der Waals surface area contributed by atoms with E-state index in [-0.39, 0.29) is 12.1 Å². The monoisotopic (exact) mass is 334 g/mol. The highest BCUT2D eigenvalue weighted by Gasteiger charge is 2.30. The minimum atomic E-state index is -0.483. The number of alkyl carbamates (subject to hydrolysis) is 1. The molecular formula is C18H30N4O2. The average Bonchev–Trinajstić information content (AvgIpc) is 2.42. The lowest BCUT2D eigenvalue weighted by molar-refractivity contribution is 0.0519. The predicted molar refractivity (Wildman–Crippen MR) is 95.3 cm³/mol. The molecule has 1 saturated heterocycles. The maximum Gasteiger partial charge on any atom is 0.407 e. The number of nitrogens with zero attached hydrogens (tertiary/aromatic N) is 3. The molecule has 6 nitrogen and oxygen atoms in total. The van der Waals surface area contributed by atoms with Gasteiger partial charge in [0.15, 0.2) is 0 Å². The van der Waals surface area contributed by atoms with E-state index in [1.807, 2.05) is 40.7 Å². The van der Waals surface area contributed by atoms with Crippen LogP contribution in [-0.2, 0) is 4.74 Å². The SMILES string of the molecule is Cc1cc(N2CCCC(C)C2CNC(=O)OC(C)(C)C)nc(C)n1. The molecule has 2 atom stereocenters. The maximum atomic E-state index is 12.0. The Morgan fingerprint density at radius 2 is 2.08 bits per heavy atom. The number of piperidine rings is 1. The van der Waals surface area contributed by atoms with Crippen molar-refractivity contribution in [2.24, 2.45) is 5.92 Å². The van der Waals surface area contributed by atoms with E-state index in [0.717, 1.165) is 36.7 Å². The van der Waals surface area contributed by atoms with Gasteiger partial charge in [-0.15, -0.1) is 0 Å². The first kappa shape index (κ1) is 18.5. The minimum Gasteiger partial charge on any atom is -0.444 e. The Morgan fingerprint density at radius 1 is 1.38 bits per heavy atom. The van der Waals surface area contributed by atoms with Crippen molar-refractivity contribution in [3.05, 3.63) is 17.6 Å². The summed E-state index contributed by atoms with van der Waals surface area (Å²) in [6.07, 6.45) is 1.92. The lowest BCUT2D eigenvalue weighted by atomic mass is 9.90. The van der Waals surface area contributed by atoms with E-state index in [4.69, 9.17) is 4.74 Å². The zero-order valence-electron chi connectivity index (χ0n) is 15.7. The highest BCUT2D eigenvalue weighted by molar-refractivity contribution is 5.67. The number of aryl methyl sites for hydroxylation is 2. The summed E-state index contributed by atoms with van der Waals surface area (Å²) in [6, 6.07) is 2.23. The van der Waals surface area contributed by atoms with E-state index in [1.165, 1.54) is 0 Å². The van der Waals surface area contributed by atoms with Crippen LogP contribution >= 0.6 is 0 Å². The van der Waals surface area contributed by atoms with Crippen molar-refractivity contribution in [2.45, 2.75) is 66.0 Å². The van der Waals surface area contributed by atoms with Gasteiger partial charge in [0.05, 0.1) is 6.04 Å². The normalized spacial score (nSPS) is 21.5. The number of amides is 1. The van der Waals surface area contributed by atoms with E-state index in [1.54, 1.807) is 0 Å². The van der Waals surface area contributed by atoms with Crippen molar-refractivity contribution < 1.29 is 9.53 Å². The van der Waals surface area contributed by atoms with Gasteiger partial charge in [-0.25, -0.2) is 14.8 Å². The number of anilines is 1. The van der Waals surface area contributed by atoms with E-state index in [0.29, 0.717) is 12.5 Å². The van der Waals surface area contributed by atoms with Crippen LogP contribution in [-0.4, -0.2) is 40.8 Å². The molecule has 1 fully saturated rings. The Bertz CT molecular complexity index is 563. The van der Waals surface area contributed by atoms with Crippen LogP contribution in [0.4, 0.5) is 10.6 Å². The summed E-state index contributed by atoms with van der Waals surface area (Å²) in [4.78, 5) is 23.2. The molecule has 2 rings (SSSR count). The van der Waals surface area contributed by atoms with Gasteiger partial charge in [-0.05, 0) is 53.4 Å². The molecule has 6 heteroatoms. The van der Waals surface area contributed by atoms with Crippen LogP contribution in [0.1, 0.15) is 52.1 Å². The second-order valence-electron chi connectivity index (χ2n) is 7.68. The fourth-order valence-corrected chi connectivity index (χ4v) is 3.19. The van der Waals surface area contributed by atoms with Crippen LogP contribution in [0, 0.1) is 19.8 Å². The van der Waals surface area contributed by atoms with Crippen LogP contribution in [0.3, 0.4) is 0 Å². The van der Waals surface area contributed by atoms with Gasteiger partial charge in [-0.3, -0.25) is 0 Å². The summed E-state index contributed by atoms with van der Waals surface area (Å²) in [7, 11) is 0. The smallest absolute Gasteiger partial charge is 0.407 e. The zero-order chi connectivity index (χ0) is 17.9. The third kappa shape index (κ3) is 5.08. The highest BCUT2D eigenvalue weighted by atomic mass is 16.6. The van der Waals surface area contributed by atoms with Crippen LogP contribution in [0.25, 0.3) is 0 Å². The second kappa shape index (κ2) is 7.36. The van der Waals surface area contributed by atoms with Gasteiger partial charge in [-0.2, -0.15) is 0 Å². The summed E-state index contributed by atoms with van der Waals surface area (Å²) in [5.41, 5.74) is 0.484. The molecule has 0 aromatic carbocycles. The zero-order valence-corrected chi connectivity index (χ0v) is 15.7. The number of hydrogen-bond acceptors (Lipinski definition) is 5. The molecule has 0 spiro atoms. The lowest BCUT2D eigenvalue weighted by Gasteiger charge is -2.41. The van der Waals surface area contributed by atoms with Gasteiger partial charge in [-0.1, -0.05) is 6.92 Å². The van der Waals surface area contributed by atoms with Crippen molar-refractivity contribution in [3.63, 3.8) is 0 Å². The van der Waals surface area contributed by atoms with Crippen molar-refractivity contribution in [2.75, 3.05) is 18.0 Å². The fourth-order valence-electron chi connectivity index (χ4n) is 3.19. The van der Waals surface area contributed by atoms with Crippen LogP contribution in [0.5, 0.6) is 0 Å². The average molecular weight is 334 g/mol. The number of ether oxygens (including phenoxy) is 1. The Kier molecular flexibility index (Phi) is 5.67. The molecule has 1 N–H and O–H groups in total. The highest BCUT2D eigenvalue weighted by Crippen LogP contribution is 2.27. The van der Waals surface area contributed by atoms with Crippen molar-refractivity contribution >= 4 is 11.9 Å². The minimum absolute atomic E-state index is 0.208. The summed E-state index contributed by atoms with van der Waals surface area (Å²) in [6.45, 7) is 13.2. The maximum absolute atomic E-state index is 12.0. The van der Waals surface area contributed by atoms with Crippen LogP contribution in [0.15, 0.2) is 6.07 Å². The quantitative estimate of drug-likeness (QED) is 0.919. The molecule has 1 aromatic heterocycles. The molecule has 1 aliphatic rings. The summed E-state index contributed by atoms with van der Waals surface area (Å²) >= 11 is 0. The number of carbonyl (C=O) groups is 1. The Balaban J connectivity index is 2.10. The summed E-state index contributed by atoms with van der Waals surface area (Å²) in [5, 5.41) is 2.92. The molecule has 2 heterocycles. The lowest BCUT2D eigenvalue weighted by Crippen LogP contribution is -2.51. The van der Waals surface area contributed by atoms with E-state index in [9.17, 15) is 4.79 Å². The molecule has 134 valence electrons. The number of hydrogen-bond donors (Lipinski definition) is 1.